The molecule has 0 aliphatic carbocycles. The van der Waals surface area contributed by atoms with Crippen molar-refractivity contribution in [3.05, 3.63) is 107 Å². The number of nitrogens with zero attached hydrogens (tertiary/aromatic N) is 5. The van der Waals surface area contributed by atoms with Crippen molar-refractivity contribution < 1.29 is 37.3 Å². The minimum atomic E-state index is -4.26. The van der Waals surface area contributed by atoms with Crippen LogP contribution in [0.15, 0.2) is 95.1 Å². The monoisotopic (exact) mass is 636 g/mol. The Balaban J connectivity index is 1.26. The standard InChI is InChI=1S/C30H32N6O8S/c1-21-10-12-24(13-11-21)28-20-22(2)31-35(28)26-14-16-27(17-15-26)45(40,41)32-30(38)42-19-18-34(4)36(39)33-44-23(3)43-29(37)25-8-6-5-7-9-25/h5-17,20,23H,18-19H2,1-4H3,(H,32,38)/b36-33-. The Morgan fingerprint density at radius 2 is 1.71 bits per heavy atom. The summed E-state index contributed by atoms with van der Waals surface area (Å²) in [7, 11) is -2.93. The molecule has 14 nitrogen and oxygen atoms in total. The molecule has 1 unspecified atom stereocenters. The number of hydrazine groups is 1. The summed E-state index contributed by atoms with van der Waals surface area (Å²) in [4.78, 5) is 29.0. The van der Waals surface area contributed by atoms with Crippen molar-refractivity contribution in [3.63, 3.8) is 0 Å². The molecule has 4 aromatic rings. The van der Waals surface area contributed by atoms with Gasteiger partial charge in [0.1, 0.15) is 13.2 Å². The number of aryl methyl sites for hydroxylation is 2. The van der Waals surface area contributed by atoms with Gasteiger partial charge < -0.3 is 14.7 Å². The zero-order valence-corrected chi connectivity index (χ0v) is 25.8. The van der Waals surface area contributed by atoms with Crippen LogP contribution in [0, 0.1) is 19.1 Å². The smallest absolute Gasteiger partial charge is 0.421 e. The molecule has 45 heavy (non-hydrogen) atoms. The molecule has 0 aliphatic heterocycles. The third-order valence-electron chi connectivity index (χ3n) is 6.28. The molecule has 1 heterocycles. The first kappa shape index (κ1) is 32.5. The number of carbonyl (C=O) groups excluding carboxylic acids is 2. The van der Waals surface area contributed by atoms with Gasteiger partial charge in [-0.05, 0) is 56.3 Å². The summed E-state index contributed by atoms with van der Waals surface area (Å²) in [6, 6.07) is 24.0. The van der Waals surface area contributed by atoms with Crippen LogP contribution in [-0.2, 0) is 24.3 Å². The quantitative estimate of drug-likeness (QED) is 0.0768. The second kappa shape index (κ2) is 14.4. The lowest BCUT2D eigenvalue weighted by atomic mass is 10.1. The molecule has 0 radical (unpaired) electrons. The highest BCUT2D eigenvalue weighted by Gasteiger charge is 2.20. The molecule has 1 atom stereocenters. The van der Waals surface area contributed by atoms with E-state index in [1.54, 1.807) is 47.1 Å². The Bertz CT molecular complexity index is 1760. The first-order valence-corrected chi connectivity index (χ1v) is 15.2. The molecule has 0 spiro atoms. The summed E-state index contributed by atoms with van der Waals surface area (Å²) >= 11 is 0. The third kappa shape index (κ3) is 8.79. The van der Waals surface area contributed by atoms with Gasteiger partial charge in [0.05, 0.1) is 39.6 Å². The van der Waals surface area contributed by atoms with E-state index in [1.807, 2.05) is 48.9 Å². The van der Waals surface area contributed by atoms with Gasteiger partial charge in [0.2, 0.25) is 5.28 Å². The number of likely N-dealkylation sites (N-methyl/N-ethyl adjacent to an activating group) is 1. The number of hydrogen-bond acceptors (Lipinski definition) is 10. The lowest BCUT2D eigenvalue weighted by Crippen LogP contribution is -2.35. The number of amides is 1. The average molecular weight is 637 g/mol. The lowest BCUT2D eigenvalue weighted by molar-refractivity contribution is -0.707. The molecule has 1 N–H and O–H groups in total. The van der Waals surface area contributed by atoms with E-state index in [-0.39, 0.29) is 23.0 Å². The normalized spacial score (nSPS) is 12.2. The largest absolute Gasteiger partial charge is 0.569 e. The number of aromatic nitrogens is 2. The highest BCUT2D eigenvalue weighted by molar-refractivity contribution is 7.90. The molecule has 0 saturated carbocycles. The molecule has 236 valence electrons. The Labute approximate surface area is 260 Å². The topological polar surface area (TPSA) is 167 Å². The maximum Gasteiger partial charge on any atom is 0.421 e. The molecule has 0 fully saturated rings. The number of esters is 1. The minimum absolute atomic E-state index is 0.0533. The van der Waals surface area contributed by atoms with Crippen LogP contribution < -0.4 is 4.72 Å². The zero-order valence-electron chi connectivity index (χ0n) is 25.0. The number of carbonyl (C=O) groups is 2. The molecule has 0 saturated heterocycles. The number of rotatable bonds is 12. The molecular formula is C30H32N6O8S. The third-order valence-corrected chi connectivity index (χ3v) is 7.60. The highest BCUT2D eigenvalue weighted by Crippen LogP contribution is 2.25. The minimum Gasteiger partial charge on any atom is -0.569 e. The van der Waals surface area contributed by atoms with E-state index < -0.39 is 28.4 Å². The van der Waals surface area contributed by atoms with Gasteiger partial charge in [0, 0.05) is 12.5 Å². The summed E-state index contributed by atoms with van der Waals surface area (Å²) in [5, 5.41) is 20.9. The molecule has 1 aromatic heterocycles. The molecule has 3 aromatic carbocycles. The molecule has 4 rings (SSSR count). The van der Waals surface area contributed by atoms with E-state index in [9.17, 15) is 23.2 Å². The van der Waals surface area contributed by atoms with E-state index in [2.05, 4.69) is 10.4 Å². The van der Waals surface area contributed by atoms with Crippen molar-refractivity contribution in [3.8, 4) is 16.9 Å². The van der Waals surface area contributed by atoms with Gasteiger partial charge in [0.25, 0.3) is 16.3 Å². The van der Waals surface area contributed by atoms with Gasteiger partial charge in [-0.15, -0.1) is 5.01 Å². The van der Waals surface area contributed by atoms with Crippen molar-refractivity contribution in [2.45, 2.75) is 32.0 Å². The van der Waals surface area contributed by atoms with Gasteiger partial charge >= 0.3 is 12.1 Å². The van der Waals surface area contributed by atoms with Crippen LogP contribution in [0.3, 0.4) is 0 Å². The lowest BCUT2D eigenvalue weighted by Gasteiger charge is -2.14. The van der Waals surface area contributed by atoms with Crippen molar-refractivity contribution in [2.24, 2.45) is 5.28 Å². The van der Waals surface area contributed by atoms with Gasteiger partial charge in [-0.2, -0.15) is 5.10 Å². The molecule has 0 aliphatic rings. The van der Waals surface area contributed by atoms with E-state index in [0.717, 1.165) is 27.5 Å². The summed E-state index contributed by atoms with van der Waals surface area (Å²) in [6.45, 7) is 4.72. The SMILES string of the molecule is Cc1ccc(-c2cc(C)nn2-c2ccc(S(=O)(=O)NC(=O)OCCN(C)/[N+]([O-])=N/OC(C)OC(=O)c3ccccc3)cc2)cc1. The Morgan fingerprint density at radius 3 is 2.38 bits per heavy atom. The number of hydrogen-bond donors (Lipinski definition) is 1. The van der Waals surface area contributed by atoms with Crippen LogP contribution >= 0.6 is 0 Å². The number of benzene rings is 3. The van der Waals surface area contributed by atoms with Crippen molar-refractivity contribution in [1.29, 1.82) is 0 Å². The maximum atomic E-state index is 12.8. The molecule has 1 amide bonds. The second-order valence-electron chi connectivity index (χ2n) is 9.84. The summed E-state index contributed by atoms with van der Waals surface area (Å²) < 4.78 is 39.0. The van der Waals surface area contributed by atoms with E-state index in [0.29, 0.717) is 11.3 Å². The highest BCUT2D eigenvalue weighted by atomic mass is 32.2. The summed E-state index contributed by atoms with van der Waals surface area (Å²) in [6.07, 6.45) is -2.40. The van der Waals surface area contributed by atoms with Crippen LogP contribution in [0.4, 0.5) is 4.79 Å². The van der Waals surface area contributed by atoms with E-state index >= 15 is 0 Å². The molecule has 15 heteroatoms. The fraction of sp³-hybridized carbons (Fsp3) is 0.233. The fourth-order valence-corrected chi connectivity index (χ4v) is 4.82. The van der Waals surface area contributed by atoms with E-state index in [4.69, 9.17) is 14.3 Å². The first-order chi connectivity index (χ1) is 21.4. The van der Waals surface area contributed by atoms with Crippen molar-refractivity contribution in [2.75, 3.05) is 20.2 Å². The van der Waals surface area contributed by atoms with Gasteiger partial charge in [-0.25, -0.2) is 27.4 Å². The molecule has 0 bridgehead atoms. The van der Waals surface area contributed by atoms with Crippen LogP contribution in [0.5, 0.6) is 0 Å². The summed E-state index contributed by atoms with van der Waals surface area (Å²) in [5.41, 5.74) is 4.63. The number of nitrogens with one attached hydrogen (secondary N) is 1. The van der Waals surface area contributed by atoms with Crippen LogP contribution in [0.1, 0.15) is 28.5 Å². The Hall–Kier alpha value is -5.44. The predicted molar refractivity (Wildman–Crippen MR) is 161 cm³/mol. The van der Waals surface area contributed by atoms with Gasteiger partial charge in [-0.1, -0.05) is 48.0 Å². The second-order valence-corrected chi connectivity index (χ2v) is 11.5. The first-order valence-electron chi connectivity index (χ1n) is 13.7. The zero-order chi connectivity index (χ0) is 32.6. The number of sulfonamides is 1. The van der Waals surface area contributed by atoms with Gasteiger partial charge in [0.15, 0.2) is 0 Å². The predicted octanol–water partition coefficient (Wildman–Crippen LogP) is 4.51. The van der Waals surface area contributed by atoms with Crippen LogP contribution in [0.2, 0.25) is 0 Å². The van der Waals surface area contributed by atoms with Crippen LogP contribution in [0.25, 0.3) is 16.9 Å². The maximum absolute atomic E-state index is 12.8. The Morgan fingerprint density at radius 1 is 1.04 bits per heavy atom. The van der Waals surface area contributed by atoms with Gasteiger partial charge in [-0.3, -0.25) is 4.84 Å². The van der Waals surface area contributed by atoms with Crippen LogP contribution in [-0.4, -0.2) is 66.7 Å². The van der Waals surface area contributed by atoms with Crippen molar-refractivity contribution >= 4 is 22.1 Å². The summed E-state index contributed by atoms with van der Waals surface area (Å²) in [5.74, 6) is -0.658. The van der Waals surface area contributed by atoms with E-state index in [1.165, 1.54) is 26.1 Å². The average Bonchev–Trinajstić information content (AvgIpc) is 3.41. The fourth-order valence-electron chi connectivity index (χ4n) is 3.93. The van der Waals surface area contributed by atoms with Crippen molar-refractivity contribution in [1.82, 2.24) is 19.5 Å². The molecular weight excluding hydrogens is 604 g/mol. The Kier molecular flexibility index (Phi) is 10.4. The number of ether oxygens (including phenoxy) is 2.